The molecule has 196 valence electrons. The van der Waals surface area contributed by atoms with Crippen molar-refractivity contribution in [2.24, 2.45) is 5.92 Å². The normalized spacial score (nSPS) is 12.3. The fourth-order valence-corrected chi connectivity index (χ4v) is 3.89. The first-order valence-corrected chi connectivity index (χ1v) is 12.7. The van der Waals surface area contributed by atoms with Gasteiger partial charge < -0.3 is 24.5 Å². The van der Waals surface area contributed by atoms with Gasteiger partial charge in [0.05, 0.1) is 29.7 Å². The van der Waals surface area contributed by atoms with Crippen LogP contribution in [0, 0.1) is 5.92 Å². The van der Waals surface area contributed by atoms with E-state index >= 15 is 0 Å². The van der Waals surface area contributed by atoms with Gasteiger partial charge in [-0.2, -0.15) is 5.10 Å². The zero-order valence-electron chi connectivity index (χ0n) is 21.4. The number of ether oxygens (including phenoxy) is 2. The summed E-state index contributed by atoms with van der Waals surface area (Å²) in [4.78, 5) is 15.7. The van der Waals surface area contributed by atoms with Crippen LogP contribution in [0.4, 0.5) is 0 Å². The summed E-state index contributed by atoms with van der Waals surface area (Å²) >= 11 is 0. The van der Waals surface area contributed by atoms with Gasteiger partial charge in [-0.25, -0.2) is 10.1 Å². The Hall–Kier alpha value is -3.53. The van der Waals surface area contributed by atoms with Crippen molar-refractivity contribution in [1.29, 1.82) is 0 Å². The minimum atomic E-state index is -0.615. The average molecular weight is 506 g/mol. The smallest absolute Gasteiger partial charge is 0.264 e. The second kappa shape index (κ2) is 13.1. The second-order valence-corrected chi connectivity index (χ2v) is 9.48. The van der Waals surface area contributed by atoms with E-state index in [1.165, 1.54) is 11.6 Å². The fraction of sp³-hybridized carbons (Fsp3) is 0.393. The van der Waals surface area contributed by atoms with E-state index in [0.29, 0.717) is 37.9 Å². The van der Waals surface area contributed by atoms with Crippen LogP contribution in [0.2, 0.25) is 0 Å². The molecule has 0 aliphatic carbocycles. The molecule has 3 N–H and O–H groups in total. The van der Waals surface area contributed by atoms with Crippen LogP contribution in [-0.4, -0.2) is 63.9 Å². The molecule has 1 atom stereocenters. The summed E-state index contributed by atoms with van der Waals surface area (Å²) in [6.45, 7) is 7.83. The van der Waals surface area contributed by atoms with Crippen molar-refractivity contribution in [2.75, 3.05) is 32.9 Å². The number of H-pyrrole nitrogens is 1. The third-order valence-electron chi connectivity index (χ3n) is 5.86. The molecule has 1 unspecified atom stereocenters. The number of hydrogen-bond acceptors (Lipinski definition) is 7. The first-order chi connectivity index (χ1) is 18.0. The summed E-state index contributed by atoms with van der Waals surface area (Å²) < 4.78 is 13.4. The number of nitrogens with zero attached hydrogens (tertiary/aromatic N) is 3. The Kier molecular flexibility index (Phi) is 9.42. The lowest BCUT2D eigenvalue weighted by Crippen LogP contribution is -2.33. The molecule has 0 saturated heterocycles. The molecule has 2 aromatic heterocycles. The highest BCUT2D eigenvalue weighted by Gasteiger charge is 2.08. The molecular formula is C28H35N5O4. The predicted octanol–water partition coefficient (Wildman–Crippen LogP) is 3.03. The highest BCUT2D eigenvalue weighted by molar-refractivity contribution is 5.81. The number of nitrogens with one attached hydrogen (secondary N) is 2. The van der Waals surface area contributed by atoms with Crippen molar-refractivity contribution in [1.82, 2.24) is 25.1 Å². The molecule has 0 aliphatic heterocycles. The summed E-state index contributed by atoms with van der Waals surface area (Å²) in [6.07, 6.45) is 2.06. The number of aliphatic hydroxyl groups is 1. The highest BCUT2D eigenvalue weighted by Crippen LogP contribution is 2.21. The van der Waals surface area contributed by atoms with Crippen molar-refractivity contribution in [3.05, 3.63) is 76.8 Å². The van der Waals surface area contributed by atoms with Gasteiger partial charge in [0.25, 0.3) is 5.56 Å². The van der Waals surface area contributed by atoms with Gasteiger partial charge in [0.2, 0.25) is 0 Å². The molecule has 0 spiro atoms. The van der Waals surface area contributed by atoms with Crippen molar-refractivity contribution in [3.8, 4) is 17.0 Å². The van der Waals surface area contributed by atoms with Crippen LogP contribution in [0.3, 0.4) is 0 Å². The molecule has 0 amide bonds. The van der Waals surface area contributed by atoms with E-state index in [1.54, 1.807) is 12.4 Å². The number of rotatable bonds is 14. The molecule has 9 heteroatoms. The largest absolute Gasteiger partial charge is 0.491 e. The van der Waals surface area contributed by atoms with Gasteiger partial charge >= 0.3 is 0 Å². The van der Waals surface area contributed by atoms with Crippen molar-refractivity contribution < 1.29 is 14.6 Å². The average Bonchev–Trinajstić information content (AvgIpc) is 3.31. The third kappa shape index (κ3) is 7.98. The maximum Gasteiger partial charge on any atom is 0.264 e. The van der Waals surface area contributed by atoms with E-state index in [1.807, 2.05) is 42.5 Å². The molecule has 0 bridgehead atoms. The number of imidazole rings is 1. The van der Waals surface area contributed by atoms with E-state index in [9.17, 15) is 9.90 Å². The van der Waals surface area contributed by atoms with E-state index in [2.05, 4.69) is 38.9 Å². The van der Waals surface area contributed by atoms with Crippen LogP contribution in [-0.2, 0) is 17.7 Å². The Morgan fingerprint density at radius 1 is 1.08 bits per heavy atom. The van der Waals surface area contributed by atoms with Crippen LogP contribution in [0.15, 0.2) is 65.7 Å². The van der Waals surface area contributed by atoms with Crippen molar-refractivity contribution in [2.45, 2.75) is 32.9 Å². The molecule has 37 heavy (non-hydrogen) atoms. The van der Waals surface area contributed by atoms with Crippen LogP contribution >= 0.6 is 0 Å². The molecular weight excluding hydrogens is 470 g/mol. The van der Waals surface area contributed by atoms with E-state index in [-0.39, 0.29) is 12.2 Å². The quantitative estimate of drug-likeness (QED) is 0.226. The second-order valence-electron chi connectivity index (χ2n) is 9.48. The maximum atomic E-state index is 11.2. The Labute approximate surface area is 216 Å². The molecule has 4 aromatic rings. The maximum absolute atomic E-state index is 11.2. The summed E-state index contributed by atoms with van der Waals surface area (Å²) in [6, 6.07) is 17.0. The van der Waals surface area contributed by atoms with Crippen molar-refractivity contribution in [3.63, 3.8) is 0 Å². The minimum Gasteiger partial charge on any atom is -0.491 e. The molecule has 0 fully saturated rings. The Morgan fingerprint density at radius 2 is 1.92 bits per heavy atom. The molecule has 4 rings (SSSR count). The predicted molar refractivity (Wildman–Crippen MR) is 144 cm³/mol. The van der Waals surface area contributed by atoms with Gasteiger partial charge in [0.1, 0.15) is 18.5 Å². The van der Waals surface area contributed by atoms with Gasteiger partial charge in [0, 0.05) is 37.9 Å². The van der Waals surface area contributed by atoms with Crippen molar-refractivity contribution >= 4 is 11.0 Å². The lowest BCUT2D eigenvalue weighted by atomic mass is 10.1. The molecule has 0 saturated carbocycles. The zero-order chi connectivity index (χ0) is 26.0. The van der Waals surface area contributed by atoms with Crippen LogP contribution in [0.25, 0.3) is 22.3 Å². The lowest BCUT2D eigenvalue weighted by Gasteiger charge is -2.14. The minimum absolute atomic E-state index is 0.222. The summed E-state index contributed by atoms with van der Waals surface area (Å²) in [7, 11) is 0. The Balaban J connectivity index is 1.16. The van der Waals surface area contributed by atoms with Crippen LogP contribution in [0.1, 0.15) is 19.4 Å². The fourth-order valence-electron chi connectivity index (χ4n) is 3.89. The van der Waals surface area contributed by atoms with Crippen LogP contribution < -0.4 is 15.6 Å². The van der Waals surface area contributed by atoms with Gasteiger partial charge in [-0.1, -0.05) is 32.0 Å². The van der Waals surface area contributed by atoms with Crippen LogP contribution in [0.5, 0.6) is 5.75 Å². The number of benzene rings is 2. The molecule has 0 radical (unpaired) electrons. The van der Waals surface area contributed by atoms with Gasteiger partial charge in [-0.05, 0) is 48.2 Å². The van der Waals surface area contributed by atoms with Gasteiger partial charge in [0.15, 0.2) is 0 Å². The summed E-state index contributed by atoms with van der Waals surface area (Å²) in [5.74, 6) is 1.29. The number of aromatic nitrogens is 4. The first-order valence-electron chi connectivity index (χ1n) is 12.7. The number of aliphatic hydroxyl groups excluding tert-OH is 1. The first kappa shape index (κ1) is 26.5. The molecule has 2 aromatic carbocycles. The lowest BCUT2D eigenvalue weighted by molar-refractivity contribution is 0.106. The number of aromatic amines is 1. The third-order valence-corrected chi connectivity index (χ3v) is 5.86. The SMILES string of the molecule is CC(C)COCCc1ccc(OCC(O)CNCCn2cnc3cc(-c4ccc(=O)[nH]n4)ccc32)cc1. The van der Waals surface area contributed by atoms with E-state index < -0.39 is 6.10 Å². The number of fused-ring (bicyclic) bond motifs is 1. The van der Waals surface area contributed by atoms with E-state index in [0.717, 1.165) is 35.4 Å². The molecule has 2 heterocycles. The molecule has 9 nitrogen and oxygen atoms in total. The molecule has 0 aliphatic rings. The topological polar surface area (TPSA) is 114 Å². The zero-order valence-corrected chi connectivity index (χ0v) is 21.4. The summed E-state index contributed by atoms with van der Waals surface area (Å²) in [5.41, 5.74) is 4.42. The number of hydrogen-bond donors (Lipinski definition) is 3. The van der Waals surface area contributed by atoms with E-state index in [4.69, 9.17) is 9.47 Å². The Morgan fingerprint density at radius 3 is 2.68 bits per heavy atom. The monoisotopic (exact) mass is 505 g/mol. The highest BCUT2D eigenvalue weighted by atomic mass is 16.5. The standard InChI is InChI=1S/C28H35N5O4/c1-20(2)17-36-14-11-21-3-6-24(7-4-21)37-18-23(34)16-29-12-13-33-19-30-26-15-22(5-9-27(26)33)25-8-10-28(35)32-31-25/h3-10,15,19-20,23,29,34H,11-14,16-18H2,1-2H3,(H,32,35). The van der Waals surface area contributed by atoms with Gasteiger partial charge in [-0.15, -0.1) is 0 Å². The summed E-state index contributed by atoms with van der Waals surface area (Å²) in [5, 5.41) is 20.1. The Bertz CT molecular complexity index is 1300. The van der Waals surface area contributed by atoms with Gasteiger partial charge in [-0.3, -0.25) is 4.79 Å².